The Hall–Kier alpha value is -1.82. The summed E-state index contributed by atoms with van der Waals surface area (Å²) in [6.45, 7) is 5.91. The maximum absolute atomic E-state index is 11.2. The van der Waals surface area contributed by atoms with Crippen molar-refractivity contribution in [3.05, 3.63) is 28.3 Å². The number of nitrogens with one attached hydrogen (secondary N) is 1. The van der Waals surface area contributed by atoms with E-state index in [4.69, 9.17) is 4.74 Å². The van der Waals surface area contributed by atoms with Gasteiger partial charge in [0.25, 0.3) is 0 Å². The van der Waals surface area contributed by atoms with Gasteiger partial charge in [0.05, 0.1) is 24.2 Å². The summed E-state index contributed by atoms with van der Waals surface area (Å²) >= 11 is 0. The molecule has 1 aromatic carbocycles. The van der Waals surface area contributed by atoms with Crippen molar-refractivity contribution in [2.45, 2.75) is 26.8 Å². The molecule has 106 valence electrons. The molecule has 1 aromatic rings. The molecule has 0 aliphatic rings. The molecular weight excluding hydrogens is 248 g/mol. The fourth-order valence-corrected chi connectivity index (χ4v) is 1.72. The third-order valence-corrected chi connectivity index (χ3v) is 2.82. The molecule has 6 heteroatoms. The highest BCUT2D eigenvalue weighted by Gasteiger charge is 2.23. The van der Waals surface area contributed by atoms with Crippen LogP contribution in [-0.4, -0.2) is 29.3 Å². The van der Waals surface area contributed by atoms with Crippen molar-refractivity contribution < 1.29 is 14.8 Å². The van der Waals surface area contributed by atoms with Crippen molar-refractivity contribution in [3.63, 3.8) is 0 Å². The second-order valence-electron chi connectivity index (χ2n) is 4.52. The summed E-state index contributed by atoms with van der Waals surface area (Å²) < 4.78 is 5.27. The Balaban J connectivity index is 3.12. The number of rotatable bonds is 7. The number of aliphatic hydroxyl groups is 1. The van der Waals surface area contributed by atoms with Crippen LogP contribution in [0.2, 0.25) is 0 Å². The van der Waals surface area contributed by atoms with Gasteiger partial charge >= 0.3 is 5.69 Å². The van der Waals surface area contributed by atoms with Crippen molar-refractivity contribution in [2.75, 3.05) is 18.5 Å². The van der Waals surface area contributed by atoms with E-state index in [2.05, 4.69) is 5.32 Å². The first-order valence-corrected chi connectivity index (χ1v) is 6.28. The third kappa shape index (κ3) is 3.82. The van der Waals surface area contributed by atoms with E-state index in [0.29, 0.717) is 12.3 Å². The molecule has 19 heavy (non-hydrogen) atoms. The highest BCUT2D eigenvalue weighted by atomic mass is 16.6. The number of aliphatic hydroxyl groups excluding tert-OH is 1. The Morgan fingerprint density at radius 1 is 1.47 bits per heavy atom. The fourth-order valence-electron chi connectivity index (χ4n) is 1.72. The first-order chi connectivity index (χ1) is 9.01. The highest BCUT2D eigenvalue weighted by molar-refractivity contribution is 5.68. The average molecular weight is 268 g/mol. The van der Waals surface area contributed by atoms with Gasteiger partial charge in [0.1, 0.15) is 5.69 Å². The predicted molar refractivity (Wildman–Crippen MR) is 73.6 cm³/mol. The molecule has 0 heterocycles. The molecule has 2 N–H and O–H groups in total. The molecule has 0 fully saturated rings. The van der Waals surface area contributed by atoms with Gasteiger partial charge in [-0.05, 0) is 25.0 Å². The zero-order valence-electron chi connectivity index (χ0n) is 11.4. The number of hydrogen-bond acceptors (Lipinski definition) is 5. The quantitative estimate of drug-likeness (QED) is 0.586. The van der Waals surface area contributed by atoms with Crippen molar-refractivity contribution in [2.24, 2.45) is 5.92 Å². The molecule has 1 rings (SSSR count). The van der Waals surface area contributed by atoms with Gasteiger partial charge < -0.3 is 15.2 Å². The molecule has 0 spiro atoms. The molecule has 1 unspecified atom stereocenters. The minimum Gasteiger partial charge on any atom is -0.487 e. The average Bonchev–Trinajstić information content (AvgIpc) is 2.35. The number of nitro benzene ring substituents is 1. The summed E-state index contributed by atoms with van der Waals surface area (Å²) in [5.74, 6) is 0.387. The first-order valence-electron chi connectivity index (χ1n) is 6.28. The number of benzene rings is 1. The summed E-state index contributed by atoms with van der Waals surface area (Å²) in [6, 6.07) is 4.63. The van der Waals surface area contributed by atoms with E-state index in [-0.39, 0.29) is 30.0 Å². The van der Waals surface area contributed by atoms with E-state index < -0.39 is 4.92 Å². The van der Waals surface area contributed by atoms with Gasteiger partial charge in [0.15, 0.2) is 5.75 Å². The largest absolute Gasteiger partial charge is 0.487 e. The molecule has 1 atom stereocenters. The van der Waals surface area contributed by atoms with Crippen LogP contribution in [0.5, 0.6) is 5.75 Å². The highest BCUT2D eigenvalue weighted by Crippen LogP contribution is 2.35. The SMILES string of the molecule is CCOc1cccc(NC(CO)C(C)C)c1[N+](=O)[O-]. The molecule has 0 amide bonds. The molecule has 0 bridgehead atoms. The summed E-state index contributed by atoms with van der Waals surface area (Å²) in [5.41, 5.74) is 0.271. The Labute approximate surface area is 112 Å². The van der Waals surface area contributed by atoms with Crippen LogP contribution < -0.4 is 10.1 Å². The Morgan fingerprint density at radius 3 is 2.63 bits per heavy atom. The summed E-state index contributed by atoms with van der Waals surface area (Å²) in [5, 5.41) is 23.5. The van der Waals surface area contributed by atoms with Crippen LogP contribution in [-0.2, 0) is 0 Å². The smallest absolute Gasteiger partial charge is 0.333 e. The van der Waals surface area contributed by atoms with Gasteiger partial charge in [0, 0.05) is 0 Å². The number of anilines is 1. The van der Waals surface area contributed by atoms with E-state index in [0.717, 1.165) is 0 Å². The molecular formula is C13H20N2O4. The second kappa shape index (κ2) is 6.94. The van der Waals surface area contributed by atoms with E-state index in [1.807, 2.05) is 13.8 Å². The monoisotopic (exact) mass is 268 g/mol. The van der Waals surface area contributed by atoms with Gasteiger partial charge in [0.2, 0.25) is 0 Å². The molecule has 0 saturated heterocycles. The summed E-state index contributed by atoms with van der Waals surface area (Å²) in [7, 11) is 0. The number of nitro groups is 1. The van der Waals surface area contributed by atoms with E-state index >= 15 is 0 Å². The topological polar surface area (TPSA) is 84.6 Å². The Bertz CT molecular complexity index is 435. The molecule has 0 aliphatic carbocycles. The van der Waals surface area contributed by atoms with Crippen LogP contribution in [0.3, 0.4) is 0 Å². The number of nitrogens with zero attached hydrogens (tertiary/aromatic N) is 1. The van der Waals surface area contributed by atoms with Gasteiger partial charge in [-0.1, -0.05) is 19.9 Å². The zero-order chi connectivity index (χ0) is 14.4. The molecule has 6 nitrogen and oxygen atoms in total. The molecule has 0 saturated carbocycles. The van der Waals surface area contributed by atoms with Crippen LogP contribution in [0.15, 0.2) is 18.2 Å². The predicted octanol–water partition coefficient (Wildman–Crippen LogP) is 2.42. The number of ether oxygens (including phenoxy) is 1. The lowest BCUT2D eigenvalue weighted by Crippen LogP contribution is -2.29. The van der Waals surface area contributed by atoms with E-state index in [1.165, 1.54) is 0 Å². The van der Waals surface area contributed by atoms with Crippen molar-refractivity contribution in [3.8, 4) is 5.75 Å². The van der Waals surface area contributed by atoms with Gasteiger partial charge in [-0.15, -0.1) is 0 Å². The maximum atomic E-state index is 11.2. The second-order valence-corrected chi connectivity index (χ2v) is 4.52. The molecule has 0 radical (unpaired) electrons. The lowest BCUT2D eigenvalue weighted by atomic mass is 10.0. The normalized spacial score (nSPS) is 12.3. The van der Waals surface area contributed by atoms with Crippen LogP contribution in [0.25, 0.3) is 0 Å². The first kappa shape index (κ1) is 15.2. The fraction of sp³-hybridized carbons (Fsp3) is 0.538. The lowest BCUT2D eigenvalue weighted by Gasteiger charge is -2.21. The lowest BCUT2D eigenvalue weighted by molar-refractivity contribution is -0.385. The zero-order valence-corrected chi connectivity index (χ0v) is 11.4. The molecule has 0 aromatic heterocycles. The number of hydrogen-bond donors (Lipinski definition) is 2. The minimum absolute atomic E-state index is 0.0896. The summed E-state index contributed by atoms with van der Waals surface area (Å²) in [6.07, 6.45) is 0. The van der Waals surface area contributed by atoms with Gasteiger partial charge in [-0.25, -0.2) is 0 Å². The Morgan fingerprint density at radius 2 is 2.16 bits per heavy atom. The van der Waals surface area contributed by atoms with E-state index in [1.54, 1.807) is 25.1 Å². The standard InChI is InChI=1S/C13H20N2O4/c1-4-19-12-7-5-6-10(13(12)15(17)18)14-11(8-16)9(2)3/h5-7,9,11,14,16H,4,8H2,1-3H3. The van der Waals surface area contributed by atoms with Crippen molar-refractivity contribution >= 4 is 11.4 Å². The summed E-state index contributed by atoms with van der Waals surface area (Å²) in [4.78, 5) is 10.7. The van der Waals surface area contributed by atoms with Crippen LogP contribution in [0, 0.1) is 16.0 Å². The number of para-hydroxylation sites is 1. The maximum Gasteiger partial charge on any atom is 0.333 e. The van der Waals surface area contributed by atoms with Crippen LogP contribution >= 0.6 is 0 Å². The van der Waals surface area contributed by atoms with Crippen molar-refractivity contribution in [1.82, 2.24) is 0 Å². The van der Waals surface area contributed by atoms with Crippen LogP contribution in [0.1, 0.15) is 20.8 Å². The third-order valence-electron chi connectivity index (χ3n) is 2.82. The van der Waals surface area contributed by atoms with E-state index in [9.17, 15) is 15.2 Å². The van der Waals surface area contributed by atoms with Gasteiger partial charge in [-0.3, -0.25) is 10.1 Å². The minimum atomic E-state index is -0.470. The molecule has 0 aliphatic heterocycles. The Kier molecular flexibility index (Phi) is 5.57. The van der Waals surface area contributed by atoms with Crippen molar-refractivity contribution in [1.29, 1.82) is 0 Å². The van der Waals surface area contributed by atoms with Gasteiger partial charge in [-0.2, -0.15) is 0 Å². The van der Waals surface area contributed by atoms with Crippen LogP contribution in [0.4, 0.5) is 11.4 Å².